The standard InChI is InChI=1S/C15H16Br2N2O2/c1-15(2,3)13(20)14(19-6-4-5-7-19)21-10-8-11(16)18-12(17)9-10/h4-9,14H,1-3H3. The van der Waals surface area contributed by atoms with Crippen LogP contribution in [0.4, 0.5) is 0 Å². The Morgan fingerprint density at radius 2 is 1.71 bits per heavy atom. The Hall–Kier alpha value is -1.14. The molecule has 4 nitrogen and oxygen atoms in total. The minimum Gasteiger partial charge on any atom is -0.463 e. The fraction of sp³-hybridized carbons (Fsp3) is 0.333. The van der Waals surface area contributed by atoms with Gasteiger partial charge in [-0.3, -0.25) is 4.79 Å². The number of carbonyl (C=O) groups is 1. The Morgan fingerprint density at radius 3 is 2.19 bits per heavy atom. The Kier molecular flexibility index (Phi) is 4.88. The van der Waals surface area contributed by atoms with Crippen LogP contribution in [0.2, 0.25) is 0 Å². The van der Waals surface area contributed by atoms with Gasteiger partial charge in [0.1, 0.15) is 15.0 Å². The van der Waals surface area contributed by atoms with Crippen molar-refractivity contribution >= 4 is 37.6 Å². The molecule has 2 aromatic rings. The van der Waals surface area contributed by atoms with Gasteiger partial charge in [-0.05, 0) is 44.0 Å². The van der Waals surface area contributed by atoms with Gasteiger partial charge in [0.2, 0.25) is 6.23 Å². The molecule has 0 N–H and O–H groups in total. The third-order valence-electron chi connectivity index (χ3n) is 2.85. The zero-order chi connectivity index (χ0) is 15.6. The summed E-state index contributed by atoms with van der Waals surface area (Å²) in [6.45, 7) is 5.65. The van der Waals surface area contributed by atoms with Gasteiger partial charge in [0.15, 0.2) is 5.78 Å². The van der Waals surface area contributed by atoms with E-state index < -0.39 is 11.6 Å². The number of ketones is 1. The molecule has 2 rings (SSSR count). The van der Waals surface area contributed by atoms with Crippen molar-refractivity contribution in [2.75, 3.05) is 0 Å². The van der Waals surface area contributed by atoms with E-state index in [2.05, 4.69) is 36.8 Å². The molecule has 0 saturated carbocycles. The highest BCUT2D eigenvalue weighted by Crippen LogP contribution is 2.29. The maximum absolute atomic E-state index is 12.7. The van der Waals surface area contributed by atoms with Crippen LogP contribution in [0.5, 0.6) is 5.75 Å². The summed E-state index contributed by atoms with van der Waals surface area (Å²) in [6, 6.07) is 7.20. The van der Waals surface area contributed by atoms with E-state index in [1.165, 1.54) is 0 Å². The monoisotopic (exact) mass is 414 g/mol. The van der Waals surface area contributed by atoms with Crippen LogP contribution in [-0.2, 0) is 4.79 Å². The molecule has 0 radical (unpaired) electrons. The summed E-state index contributed by atoms with van der Waals surface area (Å²) >= 11 is 6.63. The number of rotatable bonds is 4. The van der Waals surface area contributed by atoms with Crippen molar-refractivity contribution in [2.24, 2.45) is 5.41 Å². The molecule has 0 aliphatic heterocycles. The summed E-state index contributed by atoms with van der Waals surface area (Å²) in [6.07, 6.45) is 2.93. The first-order valence-electron chi connectivity index (χ1n) is 6.44. The SMILES string of the molecule is CC(C)(C)C(=O)C(Oc1cc(Br)nc(Br)c1)n1cccc1. The molecule has 0 aromatic carbocycles. The van der Waals surface area contributed by atoms with Crippen LogP contribution in [0.15, 0.2) is 45.9 Å². The molecule has 112 valence electrons. The largest absolute Gasteiger partial charge is 0.463 e. The number of hydrogen-bond donors (Lipinski definition) is 0. The molecule has 0 aliphatic carbocycles. The van der Waals surface area contributed by atoms with E-state index in [0.717, 1.165) is 0 Å². The molecule has 1 unspecified atom stereocenters. The summed E-state index contributed by atoms with van der Waals surface area (Å²) in [5.74, 6) is 0.572. The minimum absolute atomic E-state index is 0.00255. The van der Waals surface area contributed by atoms with E-state index >= 15 is 0 Å². The van der Waals surface area contributed by atoms with Gasteiger partial charge in [0.05, 0.1) is 0 Å². The van der Waals surface area contributed by atoms with E-state index in [1.54, 1.807) is 16.7 Å². The zero-order valence-electron chi connectivity index (χ0n) is 12.0. The van der Waals surface area contributed by atoms with Crippen molar-refractivity contribution in [2.45, 2.75) is 27.0 Å². The summed E-state index contributed by atoms with van der Waals surface area (Å²) in [4.78, 5) is 16.8. The summed E-state index contributed by atoms with van der Waals surface area (Å²) in [7, 11) is 0. The van der Waals surface area contributed by atoms with Gasteiger partial charge < -0.3 is 9.30 Å². The second kappa shape index (κ2) is 6.32. The molecular weight excluding hydrogens is 400 g/mol. The number of pyridine rings is 1. The molecule has 0 saturated heterocycles. The summed E-state index contributed by atoms with van der Waals surface area (Å²) in [5, 5.41) is 0. The number of Topliss-reactive ketones (excluding diaryl/α,β-unsaturated/α-hetero) is 1. The number of halogens is 2. The second-order valence-corrected chi connectivity index (χ2v) is 7.29. The average Bonchev–Trinajstić information content (AvgIpc) is 2.86. The van der Waals surface area contributed by atoms with Crippen LogP contribution < -0.4 is 4.74 Å². The fourth-order valence-electron chi connectivity index (χ4n) is 1.76. The minimum atomic E-state index is -0.707. The molecule has 0 aliphatic rings. The Morgan fingerprint density at radius 1 is 1.19 bits per heavy atom. The van der Waals surface area contributed by atoms with Crippen LogP contribution in [0.25, 0.3) is 0 Å². The highest BCUT2D eigenvalue weighted by molar-refractivity contribution is 9.11. The Balaban J connectivity index is 2.35. The van der Waals surface area contributed by atoms with E-state index in [1.807, 2.05) is 45.3 Å². The van der Waals surface area contributed by atoms with Gasteiger partial charge in [0.25, 0.3) is 0 Å². The van der Waals surface area contributed by atoms with Crippen LogP contribution in [-0.4, -0.2) is 15.3 Å². The molecule has 0 amide bonds. The van der Waals surface area contributed by atoms with Crippen LogP contribution in [0, 0.1) is 5.41 Å². The van der Waals surface area contributed by atoms with Crippen LogP contribution in [0.1, 0.15) is 27.0 Å². The third kappa shape index (κ3) is 4.17. The van der Waals surface area contributed by atoms with E-state index in [0.29, 0.717) is 15.0 Å². The normalized spacial score (nSPS) is 13.0. The quantitative estimate of drug-likeness (QED) is 0.685. The van der Waals surface area contributed by atoms with Crippen molar-refractivity contribution in [3.63, 3.8) is 0 Å². The first kappa shape index (κ1) is 16.2. The highest BCUT2D eigenvalue weighted by atomic mass is 79.9. The van der Waals surface area contributed by atoms with Crippen molar-refractivity contribution in [1.29, 1.82) is 0 Å². The van der Waals surface area contributed by atoms with Gasteiger partial charge in [0, 0.05) is 29.9 Å². The van der Waals surface area contributed by atoms with Gasteiger partial charge in [-0.15, -0.1) is 0 Å². The molecule has 21 heavy (non-hydrogen) atoms. The number of hydrogen-bond acceptors (Lipinski definition) is 3. The van der Waals surface area contributed by atoms with E-state index in [4.69, 9.17) is 4.74 Å². The topological polar surface area (TPSA) is 44.1 Å². The summed E-state index contributed by atoms with van der Waals surface area (Å²) < 4.78 is 8.96. The second-order valence-electron chi connectivity index (χ2n) is 5.66. The molecule has 1 atom stereocenters. The van der Waals surface area contributed by atoms with Crippen LogP contribution >= 0.6 is 31.9 Å². The van der Waals surface area contributed by atoms with Gasteiger partial charge in [-0.2, -0.15) is 0 Å². The summed E-state index contributed by atoms with van der Waals surface area (Å²) in [5.41, 5.74) is -0.504. The number of nitrogens with zero attached hydrogens (tertiary/aromatic N) is 2. The van der Waals surface area contributed by atoms with Gasteiger partial charge in [-0.1, -0.05) is 20.8 Å². The highest BCUT2D eigenvalue weighted by Gasteiger charge is 2.32. The molecular formula is C15H16Br2N2O2. The van der Waals surface area contributed by atoms with Gasteiger partial charge in [-0.25, -0.2) is 4.98 Å². The zero-order valence-corrected chi connectivity index (χ0v) is 15.2. The lowest BCUT2D eigenvalue weighted by Gasteiger charge is -2.26. The predicted octanol–water partition coefficient (Wildman–Crippen LogP) is 4.60. The first-order valence-corrected chi connectivity index (χ1v) is 8.02. The third-order valence-corrected chi connectivity index (χ3v) is 3.66. The van der Waals surface area contributed by atoms with Crippen molar-refractivity contribution in [3.8, 4) is 5.75 Å². The lowest BCUT2D eigenvalue weighted by atomic mass is 9.89. The molecule has 2 heterocycles. The molecule has 0 bridgehead atoms. The van der Waals surface area contributed by atoms with Crippen LogP contribution in [0.3, 0.4) is 0 Å². The fourth-order valence-corrected chi connectivity index (χ4v) is 2.84. The van der Waals surface area contributed by atoms with Crippen molar-refractivity contribution < 1.29 is 9.53 Å². The maximum atomic E-state index is 12.7. The van der Waals surface area contributed by atoms with Crippen molar-refractivity contribution in [1.82, 2.24) is 9.55 Å². The van der Waals surface area contributed by atoms with E-state index in [-0.39, 0.29) is 5.78 Å². The molecule has 0 fully saturated rings. The van der Waals surface area contributed by atoms with Gasteiger partial charge >= 0.3 is 0 Å². The average molecular weight is 416 g/mol. The van der Waals surface area contributed by atoms with Crippen molar-refractivity contribution in [3.05, 3.63) is 45.9 Å². The number of ether oxygens (including phenoxy) is 1. The predicted molar refractivity (Wildman–Crippen MR) is 88.2 cm³/mol. The first-order chi connectivity index (χ1) is 9.77. The maximum Gasteiger partial charge on any atom is 0.235 e. The smallest absolute Gasteiger partial charge is 0.235 e. The Labute approximate surface area is 140 Å². The van der Waals surface area contributed by atoms with E-state index in [9.17, 15) is 4.79 Å². The molecule has 0 spiro atoms. The molecule has 6 heteroatoms. The number of carbonyl (C=O) groups excluding carboxylic acids is 1. The molecule has 2 aromatic heterocycles. The lowest BCUT2D eigenvalue weighted by molar-refractivity contribution is -0.137. The number of aromatic nitrogens is 2. The Bertz CT molecular complexity index is 613. The lowest BCUT2D eigenvalue weighted by Crippen LogP contribution is -2.33.